The Morgan fingerprint density at radius 2 is 1.74 bits per heavy atom. The minimum atomic E-state index is -0.420. The first-order valence-electron chi connectivity index (χ1n) is 8.60. The summed E-state index contributed by atoms with van der Waals surface area (Å²) in [6, 6.07) is 9.87. The summed E-state index contributed by atoms with van der Waals surface area (Å²) in [5.41, 5.74) is 2.74. The van der Waals surface area contributed by atoms with Gasteiger partial charge >= 0.3 is 6.03 Å². The molecular weight excluding hydrogens is 410 g/mol. The normalized spacial score (nSPS) is 13.1. The number of imide groups is 1. The monoisotopic (exact) mass is 429 g/mol. The zero-order valence-corrected chi connectivity index (χ0v) is 16.9. The summed E-state index contributed by atoms with van der Waals surface area (Å²) < 4.78 is 0.929. The molecule has 0 aliphatic carbocycles. The number of carbonyl (C=O) groups is 3. The lowest BCUT2D eigenvalue weighted by atomic mass is 10.1. The van der Waals surface area contributed by atoms with Crippen molar-refractivity contribution in [2.45, 2.75) is 20.8 Å². The van der Waals surface area contributed by atoms with Crippen molar-refractivity contribution in [3.05, 3.63) is 57.6 Å². The Kier molecular flexibility index (Phi) is 5.32. The van der Waals surface area contributed by atoms with Gasteiger partial charge in [0, 0.05) is 22.4 Å². The summed E-state index contributed by atoms with van der Waals surface area (Å²) in [5.74, 6) is -0.425. The third-order valence-corrected chi connectivity index (χ3v) is 4.71. The van der Waals surface area contributed by atoms with E-state index in [0.29, 0.717) is 29.0 Å². The van der Waals surface area contributed by atoms with Gasteiger partial charge in [-0.2, -0.15) is 0 Å². The Morgan fingerprint density at radius 1 is 1.04 bits per heavy atom. The van der Waals surface area contributed by atoms with Gasteiger partial charge in [0.25, 0.3) is 11.8 Å². The lowest BCUT2D eigenvalue weighted by Crippen LogP contribution is -2.33. The van der Waals surface area contributed by atoms with Crippen LogP contribution < -0.4 is 10.6 Å². The molecule has 6 nitrogen and oxygen atoms in total. The van der Waals surface area contributed by atoms with Crippen molar-refractivity contribution >= 4 is 45.2 Å². The number of hydrogen-bond donors (Lipinski definition) is 2. The third-order valence-electron chi connectivity index (χ3n) is 4.21. The number of rotatable bonds is 4. The molecule has 4 amide bonds. The zero-order valence-electron chi connectivity index (χ0n) is 15.3. The highest BCUT2D eigenvalue weighted by atomic mass is 79.9. The summed E-state index contributed by atoms with van der Waals surface area (Å²) in [7, 11) is 0. The van der Waals surface area contributed by atoms with E-state index in [9.17, 15) is 14.4 Å². The van der Waals surface area contributed by atoms with Crippen LogP contribution in [0.1, 0.15) is 40.1 Å². The van der Waals surface area contributed by atoms with Crippen molar-refractivity contribution in [1.82, 2.24) is 4.90 Å². The largest absolute Gasteiger partial charge is 0.323 e. The Hall–Kier alpha value is -2.67. The Labute approximate surface area is 166 Å². The lowest BCUT2D eigenvalue weighted by molar-refractivity contribution is 0.0636. The van der Waals surface area contributed by atoms with Crippen LogP contribution in [0.4, 0.5) is 16.2 Å². The number of anilines is 2. The van der Waals surface area contributed by atoms with E-state index in [-0.39, 0.29) is 17.7 Å². The predicted molar refractivity (Wildman–Crippen MR) is 108 cm³/mol. The van der Waals surface area contributed by atoms with E-state index in [1.807, 2.05) is 32.9 Å². The molecular formula is C20H20BrN3O3. The number of urea groups is 1. The third kappa shape index (κ3) is 4.03. The van der Waals surface area contributed by atoms with Gasteiger partial charge in [-0.3, -0.25) is 14.5 Å². The average Bonchev–Trinajstić information content (AvgIpc) is 2.82. The second-order valence-electron chi connectivity index (χ2n) is 6.91. The van der Waals surface area contributed by atoms with Gasteiger partial charge in [-0.25, -0.2) is 4.79 Å². The van der Waals surface area contributed by atoms with Crippen molar-refractivity contribution in [2.24, 2.45) is 5.92 Å². The molecule has 1 aliphatic rings. The summed E-state index contributed by atoms with van der Waals surface area (Å²) in [6.45, 7) is 6.16. The molecule has 2 aromatic carbocycles. The SMILES string of the molecule is Cc1cc(Br)ccc1NC(=O)Nc1ccc2c(c1)C(=O)N(CC(C)C)C2=O. The highest BCUT2D eigenvalue weighted by Crippen LogP contribution is 2.27. The standard InChI is InChI=1S/C20H20BrN3O3/c1-11(2)10-24-18(25)15-6-5-14(9-16(15)19(24)26)22-20(27)23-17-7-4-13(21)8-12(17)3/h4-9,11H,10H2,1-3H3,(H2,22,23,27). The number of nitrogens with one attached hydrogen (secondary N) is 2. The topological polar surface area (TPSA) is 78.5 Å². The van der Waals surface area contributed by atoms with Gasteiger partial charge < -0.3 is 10.6 Å². The molecule has 0 spiro atoms. The first kappa shape index (κ1) is 19.1. The Morgan fingerprint density at radius 3 is 2.41 bits per heavy atom. The molecule has 0 radical (unpaired) electrons. The van der Waals surface area contributed by atoms with E-state index in [1.165, 1.54) is 4.90 Å². The molecule has 2 aromatic rings. The van der Waals surface area contributed by atoms with Crippen LogP contribution in [-0.2, 0) is 0 Å². The molecule has 0 fully saturated rings. The molecule has 1 heterocycles. The quantitative estimate of drug-likeness (QED) is 0.693. The molecule has 1 aliphatic heterocycles. The van der Waals surface area contributed by atoms with E-state index >= 15 is 0 Å². The summed E-state index contributed by atoms with van der Waals surface area (Å²) >= 11 is 3.38. The molecule has 0 unspecified atom stereocenters. The number of benzene rings is 2. The molecule has 0 bridgehead atoms. The van der Waals surface area contributed by atoms with Crippen LogP contribution in [0, 0.1) is 12.8 Å². The number of nitrogens with zero attached hydrogens (tertiary/aromatic N) is 1. The van der Waals surface area contributed by atoms with Crippen LogP contribution in [0.3, 0.4) is 0 Å². The van der Waals surface area contributed by atoms with Crippen LogP contribution >= 0.6 is 15.9 Å². The summed E-state index contributed by atoms with van der Waals surface area (Å²) in [4.78, 5) is 38.4. The number of aryl methyl sites for hydroxylation is 1. The molecule has 140 valence electrons. The van der Waals surface area contributed by atoms with Gasteiger partial charge in [0.15, 0.2) is 0 Å². The number of halogens is 1. The lowest BCUT2D eigenvalue weighted by Gasteiger charge is -2.15. The molecule has 2 N–H and O–H groups in total. The van der Waals surface area contributed by atoms with Crippen LogP contribution in [0.2, 0.25) is 0 Å². The summed E-state index contributed by atoms with van der Waals surface area (Å²) in [6.07, 6.45) is 0. The maximum Gasteiger partial charge on any atom is 0.323 e. The number of carbonyl (C=O) groups excluding carboxylic acids is 3. The highest BCUT2D eigenvalue weighted by molar-refractivity contribution is 9.10. The van der Waals surface area contributed by atoms with Gasteiger partial charge in [0.2, 0.25) is 0 Å². The van der Waals surface area contributed by atoms with Crippen molar-refractivity contribution in [1.29, 1.82) is 0 Å². The molecule has 0 atom stereocenters. The Balaban J connectivity index is 1.75. The molecule has 7 heteroatoms. The minimum Gasteiger partial charge on any atom is -0.308 e. The fourth-order valence-electron chi connectivity index (χ4n) is 2.95. The van der Waals surface area contributed by atoms with E-state index in [1.54, 1.807) is 24.3 Å². The molecule has 0 aromatic heterocycles. The number of hydrogen-bond acceptors (Lipinski definition) is 3. The minimum absolute atomic E-state index is 0.185. The van der Waals surface area contributed by atoms with Crippen molar-refractivity contribution in [3.8, 4) is 0 Å². The van der Waals surface area contributed by atoms with Gasteiger partial charge in [-0.1, -0.05) is 29.8 Å². The van der Waals surface area contributed by atoms with Gasteiger partial charge in [0.1, 0.15) is 0 Å². The van der Waals surface area contributed by atoms with Gasteiger partial charge in [-0.05, 0) is 54.8 Å². The molecule has 0 saturated carbocycles. The van der Waals surface area contributed by atoms with Crippen LogP contribution in [0.25, 0.3) is 0 Å². The first-order valence-corrected chi connectivity index (χ1v) is 9.40. The van der Waals surface area contributed by atoms with Gasteiger partial charge in [-0.15, -0.1) is 0 Å². The first-order chi connectivity index (χ1) is 12.8. The van der Waals surface area contributed by atoms with Crippen LogP contribution in [-0.4, -0.2) is 29.3 Å². The second-order valence-corrected chi connectivity index (χ2v) is 7.83. The number of fused-ring (bicyclic) bond motifs is 1. The van der Waals surface area contributed by atoms with E-state index < -0.39 is 6.03 Å². The van der Waals surface area contributed by atoms with Crippen LogP contribution in [0.15, 0.2) is 40.9 Å². The molecule has 3 rings (SSSR count). The van der Waals surface area contributed by atoms with Crippen molar-refractivity contribution in [2.75, 3.05) is 17.2 Å². The fourth-order valence-corrected chi connectivity index (χ4v) is 3.43. The number of amides is 4. The second kappa shape index (κ2) is 7.52. The zero-order chi connectivity index (χ0) is 19.7. The van der Waals surface area contributed by atoms with E-state index in [0.717, 1.165) is 10.0 Å². The van der Waals surface area contributed by atoms with Gasteiger partial charge in [0.05, 0.1) is 11.1 Å². The Bertz CT molecular complexity index is 940. The maximum atomic E-state index is 12.5. The average molecular weight is 430 g/mol. The van der Waals surface area contributed by atoms with Crippen molar-refractivity contribution in [3.63, 3.8) is 0 Å². The predicted octanol–water partition coefficient (Wildman–Crippen LogP) is 4.65. The highest BCUT2D eigenvalue weighted by Gasteiger charge is 2.35. The maximum absolute atomic E-state index is 12.5. The van der Waals surface area contributed by atoms with E-state index in [4.69, 9.17) is 0 Å². The fraction of sp³-hybridized carbons (Fsp3) is 0.250. The smallest absolute Gasteiger partial charge is 0.308 e. The van der Waals surface area contributed by atoms with Crippen LogP contribution in [0.5, 0.6) is 0 Å². The molecule has 0 saturated heterocycles. The summed E-state index contributed by atoms with van der Waals surface area (Å²) in [5, 5.41) is 5.48. The van der Waals surface area contributed by atoms with E-state index in [2.05, 4.69) is 26.6 Å². The van der Waals surface area contributed by atoms with Crippen molar-refractivity contribution < 1.29 is 14.4 Å². The molecule has 27 heavy (non-hydrogen) atoms.